The highest BCUT2D eigenvalue weighted by Gasteiger charge is 2.21. The number of rotatable bonds is 6. The molecule has 3 rings (SSSR count). The van der Waals surface area contributed by atoms with Crippen molar-refractivity contribution in [1.29, 1.82) is 5.26 Å². The van der Waals surface area contributed by atoms with E-state index in [-0.39, 0.29) is 23.3 Å². The number of thioether (sulfide) groups is 1. The second kappa shape index (κ2) is 9.46. The number of halogens is 1. The first-order valence-corrected chi connectivity index (χ1v) is 11.3. The monoisotopic (exact) mass is 433 g/mol. The number of thiophene rings is 1. The Morgan fingerprint density at radius 1 is 1.21 bits per heavy atom. The lowest BCUT2D eigenvalue weighted by Crippen LogP contribution is -2.18. The number of benzene rings is 1. The maximum absolute atomic E-state index is 12.2. The number of amides is 2. The maximum Gasteiger partial charge on any atom is 0.235 e. The van der Waals surface area contributed by atoms with Crippen molar-refractivity contribution in [2.24, 2.45) is 0 Å². The fourth-order valence-electron chi connectivity index (χ4n) is 3.12. The van der Waals surface area contributed by atoms with Crippen LogP contribution in [0, 0.1) is 18.3 Å². The van der Waals surface area contributed by atoms with E-state index >= 15 is 0 Å². The normalized spacial score (nSPS) is 12.8. The van der Waals surface area contributed by atoms with Crippen LogP contribution in [0.15, 0.2) is 18.2 Å². The Morgan fingerprint density at radius 3 is 2.64 bits per heavy atom. The minimum absolute atomic E-state index is 0.153. The zero-order valence-corrected chi connectivity index (χ0v) is 17.8. The van der Waals surface area contributed by atoms with Gasteiger partial charge >= 0.3 is 0 Å². The zero-order chi connectivity index (χ0) is 20.1. The van der Waals surface area contributed by atoms with E-state index in [2.05, 4.69) is 16.7 Å². The number of carbonyl (C=O) groups is 2. The summed E-state index contributed by atoms with van der Waals surface area (Å²) in [6.07, 6.45) is 4.10. The summed E-state index contributed by atoms with van der Waals surface area (Å²) in [5.74, 6) is -0.0507. The molecule has 0 fully saturated rings. The van der Waals surface area contributed by atoms with Gasteiger partial charge in [0, 0.05) is 15.6 Å². The Balaban J connectivity index is 1.49. The average molecular weight is 434 g/mol. The van der Waals surface area contributed by atoms with Gasteiger partial charge in [-0.1, -0.05) is 11.6 Å². The number of nitriles is 1. The minimum atomic E-state index is -0.199. The van der Waals surface area contributed by atoms with Gasteiger partial charge in [0.25, 0.3) is 0 Å². The van der Waals surface area contributed by atoms with E-state index in [0.29, 0.717) is 21.3 Å². The van der Waals surface area contributed by atoms with Gasteiger partial charge in [-0.2, -0.15) is 5.26 Å². The van der Waals surface area contributed by atoms with Crippen LogP contribution in [0.25, 0.3) is 0 Å². The molecule has 5 nitrogen and oxygen atoms in total. The van der Waals surface area contributed by atoms with Gasteiger partial charge in [0.15, 0.2) is 0 Å². The molecule has 28 heavy (non-hydrogen) atoms. The number of aryl methyl sites for hydroxylation is 2. The fourth-order valence-corrected chi connectivity index (χ4v) is 5.22. The minimum Gasteiger partial charge on any atom is -0.325 e. The van der Waals surface area contributed by atoms with Crippen molar-refractivity contribution in [1.82, 2.24) is 0 Å². The quantitative estimate of drug-likeness (QED) is 0.687. The standard InChI is InChI=1S/C20H20ClN3O2S2/c1-12-8-13(21)6-7-16(12)23-18(25)10-27-11-19(26)24-20-15(9-22)14-4-2-3-5-17(14)28-20/h6-8H,2-5,10-11H2,1H3,(H,23,25)(H,24,26). The summed E-state index contributed by atoms with van der Waals surface area (Å²) in [5, 5.41) is 16.4. The first-order chi connectivity index (χ1) is 13.5. The van der Waals surface area contributed by atoms with Gasteiger partial charge in [-0.05, 0) is 61.9 Å². The number of hydrogen-bond donors (Lipinski definition) is 2. The molecule has 1 aliphatic carbocycles. The van der Waals surface area contributed by atoms with Crippen LogP contribution in [0.1, 0.15) is 34.4 Å². The van der Waals surface area contributed by atoms with E-state index < -0.39 is 0 Å². The highest BCUT2D eigenvalue weighted by atomic mass is 35.5. The first-order valence-electron chi connectivity index (χ1n) is 8.96. The predicted molar refractivity (Wildman–Crippen MR) is 116 cm³/mol. The van der Waals surface area contributed by atoms with Crippen LogP contribution in [-0.4, -0.2) is 23.3 Å². The number of nitrogens with one attached hydrogen (secondary N) is 2. The topological polar surface area (TPSA) is 82.0 Å². The lowest BCUT2D eigenvalue weighted by Gasteiger charge is -2.09. The molecule has 2 aromatic rings. The molecule has 1 heterocycles. The van der Waals surface area contributed by atoms with Crippen molar-refractivity contribution in [3.8, 4) is 6.07 Å². The van der Waals surface area contributed by atoms with Crippen LogP contribution in [0.2, 0.25) is 5.02 Å². The van der Waals surface area contributed by atoms with Gasteiger partial charge < -0.3 is 10.6 Å². The van der Waals surface area contributed by atoms with E-state index in [4.69, 9.17) is 11.6 Å². The second-order valence-electron chi connectivity index (χ2n) is 6.58. The summed E-state index contributed by atoms with van der Waals surface area (Å²) in [5.41, 5.74) is 3.30. The summed E-state index contributed by atoms with van der Waals surface area (Å²) >= 11 is 8.65. The van der Waals surface area contributed by atoms with Crippen molar-refractivity contribution in [3.05, 3.63) is 44.8 Å². The first kappa shape index (κ1) is 20.7. The molecule has 1 aromatic carbocycles. The largest absolute Gasteiger partial charge is 0.325 e. The third-order valence-corrected chi connectivity index (χ3v) is 6.84. The molecule has 8 heteroatoms. The Morgan fingerprint density at radius 2 is 1.93 bits per heavy atom. The summed E-state index contributed by atoms with van der Waals surface area (Å²) in [4.78, 5) is 25.5. The molecule has 0 radical (unpaired) electrons. The lowest BCUT2D eigenvalue weighted by molar-refractivity contribution is -0.114. The number of anilines is 2. The molecule has 0 saturated carbocycles. The number of fused-ring (bicyclic) bond motifs is 1. The Hall–Kier alpha value is -2.01. The van der Waals surface area contributed by atoms with Gasteiger partial charge in [-0.15, -0.1) is 23.1 Å². The molecule has 0 bridgehead atoms. The number of hydrogen-bond acceptors (Lipinski definition) is 5. The molecule has 0 spiro atoms. The fraction of sp³-hybridized carbons (Fsp3) is 0.350. The van der Waals surface area contributed by atoms with Crippen LogP contribution in [0.3, 0.4) is 0 Å². The van der Waals surface area contributed by atoms with E-state index in [0.717, 1.165) is 36.8 Å². The van der Waals surface area contributed by atoms with E-state index in [9.17, 15) is 14.9 Å². The molecule has 0 unspecified atom stereocenters. The molecule has 0 atom stereocenters. The summed E-state index contributed by atoms with van der Waals surface area (Å²) < 4.78 is 0. The van der Waals surface area contributed by atoms with Crippen molar-refractivity contribution >= 4 is 57.2 Å². The van der Waals surface area contributed by atoms with Crippen molar-refractivity contribution in [2.45, 2.75) is 32.6 Å². The van der Waals surface area contributed by atoms with Crippen LogP contribution >= 0.6 is 34.7 Å². The highest BCUT2D eigenvalue weighted by Crippen LogP contribution is 2.37. The zero-order valence-electron chi connectivity index (χ0n) is 15.4. The molecule has 2 N–H and O–H groups in total. The molecule has 2 amide bonds. The van der Waals surface area contributed by atoms with Crippen molar-refractivity contribution < 1.29 is 9.59 Å². The summed E-state index contributed by atoms with van der Waals surface area (Å²) in [6, 6.07) is 7.50. The van der Waals surface area contributed by atoms with Gasteiger partial charge in [-0.3, -0.25) is 9.59 Å². The Bertz CT molecular complexity index is 950. The van der Waals surface area contributed by atoms with Crippen LogP contribution in [0.5, 0.6) is 0 Å². The van der Waals surface area contributed by atoms with Crippen molar-refractivity contribution in [3.63, 3.8) is 0 Å². The molecular weight excluding hydrogens is 414 g/mol. The number of nitrogens with zero attached hydrogens (tertiary/aromatic N) is 1. The highest BCUT2D eigenvalue weighted by molar-refractivity contribution is 8.00. The van der Waals surface area contributed by atoms with Crippen LogP contribution in [-0.2, 0) is 22.4 Å². The maximum atomic E-state index is 12.2. The Kier molecular flexibility index (Phi) is 7.00. The SMILES string of the molecule is Cc1cc(Cl)ccc1NC(=O)CSCC(=O)Nc1sc2c(c1C#N)CCCC2. The molecule has 0 aliphatic heterocycles. The van der Waals surface area contributed by atoms with E-state index in [1.807, 2.05) is 6.92 Å². The van der Waals surface area contributed by atoms with Crippen LogP contribution < -0.4 is 10.6 Å². The smallest absolute Gasteiger partial charge is 0.235 e. The molecular formula is C20H20ClN3O2S2. The van der Waals surface area contributed by atoms with Crippen molar-refractivity contribution in [2.75, 3.05) is 22.1 Å². The van der Waals surface area contributed by atoms with Crippen LogP contribution in [0.4, 0.5) is 10.7 Å². The van der Waals surface area contributed by atoms with Gasteiger partial charge in [-0.25, -0.2) is 0 Å². The van der Waals surface area contributed by atoms with Gasteiger partial charge in [0.1, 0.15) is 11.1 Å². The lowest BCUT2D eigenvalue weighted by atomic mass is 9.96. The molecule has 146 valence electrons. The Labute approximate surface area is 177 Å². The predicted octanol–water partition coefficient (Wildman–Crippen LogP) is 4.77. The second-order valence-corrected chi connectivity index (χ2v) is 9.10. The molecule has 1 aliphatic rings. The summed E-state index contributed by atoms with van der Waals surface area (Å²) in [6.45, 7) is 1.87. The molecule has 0 saturated heterocycles. The number of carbonyl (C=O) groups excluding carboxylic acids is 2. The third-order valence-electron chi connectivity index (χ3n) is 4.46. The third kappa shape index (κ3) is 5.07. The van der Waals surface area contributed by atoms with E-state index in [1.54, 1.807) is 18.2 Å². The van der Waals surface area contributed by atoms with Gasteiger partial charge in [0.2, 0.25) is 11.8 Å². The van der Waals surface area contributed by atoms with E-state index in [1.165, 1.54) is 28.0 Å². The van der Waals surface area contributed by atoms with Gasteiger partial charge in [0.05, 0.1) is 17.1 Å². The molecule has 1 aromatic heterocycles. The average Bonchev–Trinajstić information content (AvgIpc) is 3.00. The summed E-state index contributed by atoms with van der Waals surface area (Å²) in [7, 11) is 0.